The lowest BCUT2D eigenvalue weighted by Gasteiger charge is -2.15. The molecule has 1 aliphatic heterocycles. The Labute approximate surface area is 207 Å². The van der Waals surface area contributed by atoms with Gasteiger partial charge in [0.05, 0.1) is 11.8 Å². The van der Waals surface area contributed by atoms with Crippen LogP contribution >= 0.6 is 24.0 Å². The van der Waals surface area contributed by atoms with Gasteiger partial charge in [0, 0.05) is 24.2 Å². The first kappa shape index (κ1) is 23.7. The molecule has 6 nitrogen and oxygen atoms in total. The van der Waals surface area contributed by atoms with Crippen molar-refractivity contribution in [1.29, 1.82) is 0 Å². The molecule has 0 radical (unpaired) electrons. The van der Waals surface area contributed by atoms with Crippen LogP contribution in [0.5, 0.6) is 0 Å². The first-order valence-corrected chi connectivity index (χ1v) is 12.1. The van der Waals surface area contributed by atoms with E-state index < -0.39 is 5.25 Å². The Kier molecular flexibility index (Phi) is 7.72. The van der Waals surface area contributed by atoms with Gasteiger partial charge in [-0.25, -0.2) is 0 Å². The number of amides is 3. The minimum Gasteiger partial charge on any atom is -0.352 e. The molecule has 4 rings (SSSR count). The normalized spacial score (nSPS) is 15.3. The maximum absolute atomic E-state index is 12.8. The predicted molar refractivity (Wildman–Crippen MR) is 138 cm³/mol. The summed E-state index contributed by atoms with van der Waals surface area (Å²) >= 11 is 6.63. The second kappa shape index (κ2) is 11.1. The molecule has 0 aliphatic carbocycles. The van der Waals surface area contributed by atoms with Crippen LogP contribution in [0.3, 0.4) is 0 Å². The molecule has 1 atom stereocenters. The molecule has 34 heavy (non-hydrogen) atoms. The maximum atomic E-state index is 12.8. The van der Waals surface area contributed by atoms with Gasteiger partial charge in [-0.2, -0.15) is 0 Å². The molecule has 1 saturated heterocycles. The lowest BCUT2D eigenvalue weighted by atomic mass is 10.1. The van der Waals surface area contributed by atoms with E-state index in [1.807, 2.05) is 60.7 Å². The van der Waals surface area contributed by atoms with Crippen molar-refractivity contribution in [2.24, 2.45) is 0 Å². The minimum absolute atomic E-state index is 0.0696. The van der Waals surface area contributed by atoms with Crippen molar-refractivity contribution < 1.29 is 14.4 Å². The second-order valence-electron chi connectivity index (χ2n) is 7.78. The van der Waals surface area contributed by atoms with Crippen molar-refractivity contribution in [2.75, 3.05) is 5.32 Å². The first-order chi connectivity index (χ1) is 16.5. The van der Waals surface area contributed by atoms with E-state index in [-0.39, 0.29) is 24.1 Å². The Morgan fingerprint density at radius 3 is 2.21 bits per heavy atom. The fourth-order valence-corrected chi connectivity index (χ4v) is 4.97. The van der Waals surface area contributed by atoms with Gasteiger partial charge in [-0.1, -0.05) is 84.6 Å². The number of hydrogen-bond acceptors (Lipinski definition) is 5. The number of nitrogens with one attached hydrogen (secondary N) is 2. The molecule has 1 heterocycles. The van der Waals surface area contributed by atoms with E-state index in [9.17, 15) is 14.4 Å². The highest BCUT2D eigenvalue weighted by Crippen LogP contribution is 2.30. The monoisotopic (exact) mass is 489 g/mol. The minimum atomic E-state index is -0.508. The molecule has 3 aromatic rings. The molecule has 3 amide bonds. The summed E-state index contributed by atoms with van der Waals surface area (Å²) in [6.07, 6.45) is 0.0696. The van der Waals surface area contributed by atoms with E-state index in [4.69, 9.17) is 12.2 Å². The Bertz CT molecular complexity index is 1180. The van der Waals surface area contributed by atoms with Gasteiger partial charge in [-0.05, 0) is 35.4 Å². The lowest BCUT2D eigenvalue weighted by Crippen LogP contribution is -2.33. The van der Waals surface area contributed by atoms with Crippen LogP contribution < -0.4 is 10.6 Å². The average Bonchev–Trinajstić information content (AvgIpc) is 3.12. The van der Waals surface area contributed by atoms with Crippen LogP contribution in [-0.2, 0) is 22.7 Å². The summed E-state index contributed by atoms with van der Waals surface area (Å²) < 4.78 is 0.500. The summed E-state index contributed by atoms with van der Waals surface area (Å²) in [5.74, 6) is -0.524. The molecule has 1 unspecified atom stereocenters. The van der Waals surface area contributed by atoms with Gasteiger partial charge in [0.1, 0.15) is 4.32 Å². The van der Waals surface area contributed by atoms with Crippen molar-refractivity contribution in [2.45, 2.75) is 24.8 Å². The third-order valence-corrected chi connectivity index (χ3v) is 6.88. The molecule has 0 spiro atoms. The summed E-state index contributed by atoms with van der Waals surface area (Å²) in [7, 11) is 0. The van der Waals surface area contributed by atoms with Crippen LogP contribution in [0, 0.1) is 0 Å². The van der Waals surface area contributed by atoms with Crippen molar-refractivity contribution >= 4 is 51.7 Å². The Morgan fingerprint density at radius 2 is 1.53 bits per heavy atom. The van der Waals surface area contributed by atoms with Crippen LogP contribution in [0.2, 0.25) is 0 Å². The van der Waals surface area contributed by atoms with E-state index in [0.717, 1.165) is 11.1 Å². The number of thiocarbonyl (C=S) groups is 1. The Morgan fingerprint density at radius 1 is 0.882 bits per heavy atom. The van der Waals surface area contributed by atoms with Crippen LogP contribution in [0.25, 0.3) is 0 Å². The molecule has 0 saturated carbocycles. The van der Waals surface area contributed by atoms with Crippen molar-refractivity contribution in [1.82, 2.24) is 10.2 Å². The summed E-state index contributed by atoms with van der Waals surface area (Å²) in [6.45, 7) is 0.742. The van der Waals surface area contributed by atoms with E-state index >= 15 is 0 Å². The molecule has 0 aromatic heterocycles. The standard InChI is InChI=1S/C26H23N3O3S2/c30-23(15-22-25(32)29(26(33)34-22)17-19-7-3-1-4-8-19)27-16-18-11-13-21(14-12-18)28-24(31)20-9-5-2-6-10-20/h1-14,22H,15-17H2,(H,27,30)(H,28,31). The zero-order valence-corrected chi connectivity index (χ0v) is 19.9. The van der Waals surface area contributed by atoms with Crippen LogP contribution in [0.15, 0.2) is 84.9 Å². The second-order valence-corrected chi connectivity index (χ2v) is 9.62. The van der Waals surface area contributed by atoms with Gasteiger partial charge < -0.3 is 10.6 Å². The largest absolute Gasteiger partial charge is 0.352 e. The van der Waals surface area contributed by atoms with Crippen molar-refractivity contribution in [3.63, 3.8) is 0 Å². The highest BCUT2D eigenvalue weighted by molar-refractivity contribution is 8.24. The summed E-state index contributed by atoms with van der Waals surface area (Å²) in [5, 5.41) is 5.20. The quantitative estimate of drug-likeness (QED) is 0.460. The zero-order valence-electron chi connectivity index (χ0n) is 18.3. The third-order valence-electron chi connectivity index (χ3n) is 5.30. The third kappa shape index (κ3) is 6.09. The van der Waals surface area contributed by atoms with Gasteiger partial charge >= 0.3 is 0 Å². The summed E-state index contributed by atoms with van der Waals surface area (Å²) in [5.41, 5.74) is 3.13. The molecular formula is C26H23N3O3S2. The van der Waals surface area contributed by atoms with Gasteiger partial charge in [0.2, 0.25) is 11.8 Å². The van der Waals surface area contributed by atoms with E-state index in [0.29, 0.717) is 28.7 Å². The number of carbonyl (C=O) groups excluding carboxylic acids is 3. The molecule has 1 aliphatic rings. The topological polar surface area (TPSA) is 78.5 Å². The van der Waals surface area contributed by atoms with Crippen LogP contribution in [0.1, 0.15) is 27.9 Å². The van der Waals surface area contributed by atoms with E-state index in [1.165, 1.54) is 11.8 Å². The summed E-state index contributed by atoms with van der Waals surface area (Å²) in [4.78, 5) is 39.0. The average molecular weight is 490 g/mol. The number of thioether (sulfide) groups is 1. The van der Waals surface area contributed by atoms with E-state index in [1.54, 1.807) is 29.2 Å². The Hall–Kier alpha value is -3.49. The first-order valence-electron chi connectivity index (χ1n) is 10.8. The smallest absolute Gasteiger partial charge is 0.255 e. The number of rotatable bonds is 8. The van der Waals surface area contributed by atoms with E-state index in [2.05, 4.69) is 10.6 Å². The summed E-state index contributed by atoms with van der Waals surface area (Å²) in [6, 6.07) is 25.9. The van der Waals surface area contributed by atoms with Crippen LogP contribution in [-0.4, -0.2) is 32.2 Å². The SMILES string of the molecule is O=C(CC1SC(=S)N(Cc2ccccc2)C1=O)NCc1ccc(NC(=O)c2ccccc2)cc1. The zero-order chi connectivity index (χ0) is 23.9. The van der Waals surface area contributed by atoms with Crippen molar-refractivity contribution in [3.8, 4) is 0 Å². The number of anilines is 1. The van der Waals surface area contributed by atoms with Crippen molar-refractivity contribution in [3.05, 3.63) is 102 Å². The molecule has 8 heteroatoms. The number of carbonyl (C=O) groups is 3. The van der Waals surface area contributed by atoms with Gasteiger partial charge in [0.15, 0.2) is 0 Å². The molecule has 172 valence electrons. The molecule has 2 N–H and O–H groups in total. The van der Waals surface area contributed by atoms with Crippen LogP contribution in [0.4, 0.5) is 5.69 Å². The molecule has 1 fully saturated rings. The number of nitrogens with zero attached hydrogens (tertiary/aromatic N) is 1. The van der Waals surface area contributed by atoms with Gasteiger partial charge in [-0.15, -0.1) is 0 Å². The fourth-order valence-electron chi connectivity index (χ4n) is 3.48. The molecular weight excluding hydrogens is 466 g/mol. The highest BCUT2D eigenvalue weighted by Gasteiger charge is 2.37. The molecule has 3 aromatic carbocycles. The molecule has 0 bridgehead atoms. The number of benzene rings is 3. The Balaban J connectivity index is 1.25. The van der Waals surface area contributed by atoms with Gasteiger partial charge in [-0.3, -0.25) is 19.3 Å². The lowest BCUT2D eigenvalue weighted by molar-refractivity contribution is -0.129. The van der Waals surface area contributed by atoms with Gasteiger partial charge in [0.25, 0.3) is 5.91 Å². The number of hydrogen-bond donors (Lipinski definition) is 2. The fraction of sp³-hybridized carbons (Fsp3) is 0.154. The predicted octanol–water partition coefficient (Wildman–Crippen LogP) is 4.37. The highest BCUT2D eigenvalue weighted by atomic mass is 32.2. The maximum Gasteiger partial charge on any atom is 0.255 e.